The first-order chi connectivity index (χ1) is 4.52. The normalized spacial score (nSPS) is 32.3. The van der Waals surface area contributed by atoms with Crippen molar-refractivity contribution >= 4 is 5.78 Å². The number of hydrogen-bond donors (Lipinski definition) is 0. The zero-order valence-corrected chi connectivity index (χ0v) is 6.02. The quantitative estimate of drug-likeness (QED) is 0.501. The van der Waals surface area contributed by atoms with Gasteiger partial charge in [-0.1, -0.05) is 0 Å². The highest BCUT2D eigenvalue weighted by Gasteiger charge is 2.24. The van der Waals surface area contributed by atoms with Crippen LogP contribution in [0, 0.1) is 0 Å². The summed E-state index contributed by atoms with van der Waals surface area (Å²) < 4.78 is 13.1. The lowest BCUT2D eigenvalue weighted by molar-refractivity contribution is -0.110. The Morgan fingerprint density at radius 1 is 1.60 bits per heavy atom. The molecular formula is C8H9FO. The lowest BCUT2D eigenvalue weighted by atomic mass is 9.93. The Kier molecular flexibility index (Phi) is 1.47. The van der Waals surface area contributed by atoms with E-state index in [1.165, 1.54) is 25.2 Å². The maximum Gasteiger partial charge on any atom is 0.178 e. The van der Waals surface area contributed by atoms with Gasteiger partial charge in [0.15, 0.2) is 5.78 Å². The molecule has 0 amide bonds. The van der Waals surface area contributed by atoms with E-state index < -0.39 is 5.67 Å². The summed E-state index contributed by atoms with van der Waals surface area (Å²) in [7, 11) is 0. The summed E-state index contributed by atoms with van der Waals surface area (Å²) >= 11 is 0. The number of alkyl halides is 1. The molecule has 0 saturated carbocycles. The molecule has 0 aliphatic heterocycles. The van der Waals surface area contributed by atoms with Gasteiger partial charge in [0.05, 0.1) is 0 Å². The van der Waals surface area contributed by atoms with Crippen molar-refractivity contribution < 1.29 is 9.18 Å². The van der Waals surface area contributed by atoms with Crippen molar-refractivity contribution in [3.05, 3.63) is 23.8 Å². The van der Waals surface area contributed by atoms with Crippen LogP contribution in [0.1, 0.15) is 13.8 Å². The fraction of sp³-hybridized carbons (Fsp3) is 0.375. The summed E-state index contributed by atoms with van der Waals surface area (Å²) in [6.07, 6.45) is 3.86. The van der Waals surface area contributed by atoms with Crippen LogP contribution >= 0.6 is 0 Å². The van der Waals surface area contributed by atoms with Gasteiger partial charge in [-0.25, -0.2) is 4.39 Å². The summed E-state index contributed by atoms with van der Waals surface area (Å²) in [5.74, 6) is -0.132. The van der Waals surface area contributed by atoms with Gasteiger partial charge in [0.2, 0.25) is 0 Å². The number of halogens is 1. The molecule has 0 aromatic heterocycles. The molecule has 10 heavy (non-hydrogen) atoms. The van der Waals surface area contributed by atoms with Gasteiger partial charge >= 0.3 is 0 Å². The second-order valence-corrected chi connectivity index (χ2v) is 2.64. The van der Waals surface area contributed by atoms with Gasteiger partial charge in [0, 0.05) is 0 Å². The molecule has 0 fully saturated rings. The summed E-state index contributed by atoms with van der Waals surface area (Å²) in [6, 6.07) is 0. The van der Waals surface area contributed by atoms with E-state index in [9.17, 15) is 9.18 Å². The first-order valence-electron chi connectivity index (χ1n) is 3.13. The third kappa shape index (κ3) is 1.15. The van der Waals surface area contributed by atoms with Crippen molar-refractivity contribution in [2.45, 2.75) is 19.5 Å². The van der Waals surface area contributed by atoms with Crippen molar-refractivity contribution in [3.8, 4) is 0 Å². The molecule has 1 aliphatic rings. The largest absolute Gasteiger partial charge is 0.290 e. The van der Waals surface area contributed by atoms with E-state index in [1.807, 2.05) is 0 Å². The molecule has 54 valence electrons. The topological polar surface area (TPSA) is 17.1 Å². The Morgan fingerprint density at radius 3 is 2.60 bits per heavy atom. The Hall–Kier alpha value is -0.920. The highest BCUT2D eigenvalue weighted by molar-refractivity contribution is 6.01. The number of hydrogen-bond acceptors (Lipinski definition) is 1. The van der Waals surface area contributed by atoms with Crippen LogP contribution in [0.5, 0.6) is 0 Å². The Balaban J connectivity index is 2.97. The Bertz CT molecular complexity index is 223. The zero-order valence-electron chi connectivity index (χ0n) is 6.02. The molecule has 0 bridgehead atoms. The van der Waals surface area contributed by atoms with Crippen LogP contribution in [0.15, 0.2) is 23.8 Å². The van der Waals surface area contributed by atoms with E-state index >= 15 is 0 Å². The van der Waals surface area contributed by atoms with Crippen LogP contribution in [0.3, 0.4) is 0 Å². The summed E-state index contributed by atoms with van der Waals surface area (Å²) in [5.41, 5.74) is -0.950. The molecule has 0 heterocycles. The maximum atomic E-state index is 13.1. The van der Waals surface area contributed by atoms with E-state index in [4.69, 9.17) is 0 Å². The summed E-state index contributed by atoms with van der Waals surface area (Å²) in [6.45, 7) is 3.04. The highest BCUT2D eigenvalue weighted by atomic mass is 19.1. The lowest BCUT2D eigenvalue weighted by Crippen LogP contribution is -2.20. The Morgan fingerprint density at radius 2 is 2.20 bits per heavy atom. The molecule has 2 heteroatoms. The van der Waals surface area contributed by atoms with Crippen molar-refractivity contribution in [3.63, 3.8) is 0 Å². The van der Waals surface area contributed by atoms with E-state index in [1.54, 1.807) is 6.92 Å². The van der Waals surface area contributed by atoms with Crippen LogP contribution < -0.4 is 0 Å². The molecule has 1 atom stereocenters. The Labute approximate surface area is 59.2 Å². The van der Waals surface area contributed by atoms with E-state index in [0.717, 1.165) is 0 Å². The molecule has 0 aromatic carbocycles. The molecule has 1 rings (SSSR count). The number of allylic oxidation sites excluding steroid dienone is 4. The predicted molar refractivity (Wildman–Crippen MR) is 37.4 cm³/mol. The van der Waals surface area contributed by atoms with Crippen LogP contribution in [0.4, 0.5) is 4.39 Å². The average Bonchev–Trinajstić information content (AvgIpc) is 1.81. The minimum Gasteiger partial charge on any atom is -0.290 e. The monoisotopic (exact) mass is 140 g/mol. The first kappa shape index (κ1) is 7.19. The molecule has 0 saturated heterocycles. The van der Waals surface area contributed by atoms with Gasteiger partial charge in [0.25, 0.3) is 0 Å². The number of ketones is 1. The number of rotatable bonds is 0. The minimum absolute atomic E-state index is 0.132. The summed E-state index contributed by atoms with van der Waals surface area (Å²) in [5, 5.41) is 0. The average molecular weight is 140 g/mol. The van der Waals surface area contributed by atoms with Gasteiger partial charge in [0.1, 0.15) is 5.67 Å². The molecule has 0 radical (unpaired) electrons. The van der Waals surface area contributed by atoms with Gasteiger partial charge in [-0.3, -0.25) is 4.79 Å². The molecule has 0 aromatic rings. The van der Waals surface area contributed by atoms with Crippen molar-refractivity contribution in [1.29, 1.82) is 0 Å². The van der Waals surface area contributed by atoms with E-state index in [2.05, 4.69) is 0 Å². The molecule has 1 aliphatic carbocycles. The SMILES string of the molecule is CC1=CC(=O)C=CC1(C)F. The van der Waals surface area contributed by atoms with Crippen LogP contribution in [0.2, 0.25) is 0 Å². The molecule has 0 spiro atoms. The minimum atomic E-state index is -1.42. The molecule has 1 nitrogen and oxygen atoms in total. The number of carbonyl (C=O) groups excluding carboxylic acids is 1. The van der Waals surface area contributed by atoms with Gasteiger partial charge < -0.3 is 0 Å². The van der Waals surface area contributed by atoms with Crippen LogP contribution in [0.25, 0.3) is 0 Å². The van der Waals surface area contributed by atoms with Crippen molar-refractivity contribution in [2.75, 3.05) is 0 Å². The van der Waals surface area contributed by atoms with Crippen LogP contribution in [-0.2, 0) is 4.79 Å². The van der Waals surface area contributed by atoms with E-state index in [-0.39, 0.29) is 5.78 Å². The summed E-state index contributed by atoms with van der Waals surface area (Å²) in [4.78, 5) is 10.6. The van der Waals surface area contributed by atoms with Crippen molar-refractivity contribution in [1.82, 2.24) is 0 Å². The van der Waals surface area contributed by atoms with Gasteiger partial charge in [-0.05, 0) is 37.6 Å². The standard InChI is InChI=1S/C8H9FO/c1-6-5-7(10)3-4-8(6,2)9/h3-5H,1-2H3. The fourth-order valence-electron chi connectivity index (χ4n) is 0.773. The third-order valence-corrected chi connectivity index (χ3v) is 1.69. The molecular weight excluding hydrogens is 131 g/mol. The highest BCUT2D eigenvalue weighted by Crippen LogP contribution is 2.25. The predicted octanol–water partition coefficient (Wildman–Crippen LogP) is 1.80. The third-order valence-electron chi connectivity index (χ3n) is 1.69. The first-order valence-corrected chi connectivity index (χ1v) is 3.13. The zero-order chi connectivity index (χ0) is 7.78. The molecule has 0 N–H and O–H groups in total. The maximum absolute atomic E-state index is 13.1. The van der Waals surface area contributed by atoms with E-state index in [0.29, 0.717) is 5.57 Å². The van der Waals surface area contributed by atoms with Gasteiger partial charge in [-0.15, -0.1) is 0 Å². The van der Waals surface area contributed by atoms with Crippen LogP contribution in [-0.4, -0.2) is 11.5 Å². The second kappa shape index (κ2) is 2.04. The second-order valence-electron chi connectivity index (χ2n) is 2.64. The smallest absolute Gasteiger partial charge is 0.178 e. The van der Waals surface area contributed by atoms with Gasteiger partial charge in [-0.2, -0.15) is 0 Å². The molecule has 1 unspecified atom stereocenters. The van der Waals surface area contributed by atoms with Crippen molar-refractivity contribution in [2.24, 2.45) is 0 Å². The lowest BCUT2D eigenvalue weighted by Gasteiger charge is -2.18. The number of carbonyl (C=O) groups is 1. The fourth-order valence-corrected chi connectivity index (χ4v) is 0.773.